The quantitative estimate of drug-likeness (QED) is 0.478. The number of nitrogens with one attached hydrogen (secondary N) is 1. The molecule has 3 aromatic rings. The first-order chi connectivity index (χ1) is 12.4. The summed E-state index contributed by atoms with van der Waals surface area (Å²) < 4.78 is 0. The number of hydrogen-bond donors (Lipinski definition) is 2. The van der Waals surface area contributed by atoms with Crippen LogP contribution >= 0.6 is 34.5 Å². The smallest absolute Gasteiger partial charge is 0.283 e. The molecule has 0 saturated carbocycles. The molecule has 0 radical (unpaired) electrons. The fraction of sp³-hybridized carbons (Fsp3) is 0.0556. The lowest BCUT2D eigenvalue weighted by Gasteiger charge is -1.99. The van der Waals surface area contributed by atoms with Crippen LogP contribution in [0, 0.1) is 6.92 Å². The molecule has 2 N–H and O–H groups in total. The van der Waals surface area contributed by atoms with E-state index in [1.807, 2.05) is 12.1 Å². The Balaban J connectivity index is 1.72. The van der Waals surface area contributed by atoms with Crippen molar-refractivity contribution >= 4 is 46.7 Å². The Hall–Kier alpha value is -2.41. The average Bonchev–Trinajstić information content (AvgIpc) is 3.00. The van der Waals surface area contributed by atoms with E-state index < -0.39 is 0 Å². The molecule has 132 valence electrons. The zero-order valence-corrected chi connectivity index (χ0v) is 15.9. The fourth-order valence-electron chi connectivity index (χ4n) is 2.14. The number of hydrogen-bond acceptors (Lipinski definition) is 5. The number of hydrazone groups is 1. The molecule has 2 aromatic carbocycles. The molecule has 0 saturated heterocycles. The molecule has 8 heteroatoms. The molecule has 0 spiro atoms. The van der Waals surface area contributed by atoms with Crippen molar-refractivity contribution in [3.63, 3.8) is 0 Å². The van der Waals surface area contributed by atoms with Gasteiger partial charge in [0, 0.05) is 10.6 Å². The Labute approximate surface area is 163 Å². The summed E-state index contributed by atoms with van der Waals surface area (Å²) in [6.07, 6.45) is 1.44. The highest BCUT2D eigenvalue weighted by molar-refractivity contribution is 7.17. The number of thiazole rings is 1. The van der Waals surface area contributed by atoms with Gasteiger partial charge in [0.05, 0.1) is 16.9 Å². The van der Waals surface area contributed by atoms with Crippen LogP contribution in [0.25, 0.3) is 10.6 Å². The lowest BCUT2D eigenvalue weighted by atomic mass is 10.2. The number of nitrogens with zero attached hydrogens (tertiary/aromatic N) is 2. The highest BCUT2D eigenvalue weighted by Crippen LogP contribution is 2.28. The van der Waals surface area contributed by atoms with E-state index in [2.05, 4.69) is 15.5 Å². The number of aryl methyl sites for hydroxylation is 1. The molecule has 3 rings (SSSR count). The van der Waals surface area contributed by atoms with Gasteiger partial charge >= 0.3 is 0 Å². The maximum absolute atomic E-state index is 12.3. The number of benzene rings is 2. The van der Waals surface area contributed by atoms with Crippen molar-refractivity contribution in [2.45, 2.75) is 6.92 Å². The van der Waals surface area contributed by atoms with E-state index in [0.29, 0.717) is 21.2 Å². The van der Waals surface area contributed by atoms with E-state index in [9.17, 15) is 9.90 Å². The first-order valence-electron chi connectivity index (χ1n) is 7.49. The van der Waals surface area contributed by atoms with Gasteiger partial charge in [-0.15, -0.1) is 11.3 Å². The monoisotopic (exact) mass is 405 g/mol. The average molecular weight is 406 g/mol. The zero-order valence-electron chi connectivity index (χ0n) is 13.5. The van der Waals surface area contributed by atoms with Crippen molar-refractivity contribution in [3.05, 3.63) is 68.6 Å². The van der Waals surface area contributed by atoms with Gasteiger partial charge in [0.15, 0.2) is 0 Å². The Morgan fingerprint density at radius 2 is 1.96 bits per heavy atom. The van der Waals surface area contributed by atoms with Crippen LogP contribution in [0.2, 0.25) is 10.0 Å². The van der Waals surface area contributed by atoms with E-state index in [1.165, 1.54) is 23.6 Å². The van der Waals surface area contributed by atoms with Crippen molar-refractivity contribution in [3.8, 4) is 16.3 Å². The van der Waals surface area contributed by atoms with E-state index >= 15 is 0 Å². The van der Waals surface area contributed by atoms with Gasteiger partial charge in [-0.1, -0.05) is 35.3 Å². The fourth-order valence-corrected chi connectivity index (χ4v) is 3.42. The molecule has 0 aliphatic rings. The third-order valence-corrected chi connectivity index (χ3v) is 5.21. The highest BCUT2D eigenvalue weighted by atomic mass is 35.5. The molecule has 0 bridgehead atoms. The summed E-state index contributed by atoms with van der Waals surface area (Å²) in [5.74, 6) is -0.357. The number of aromatic hydroxyl groups is 1. The maximum atomic E-state index is 12.3. The number of carbonyl (C=O) groups is 1. The van der Waals surface area contributed by atoms with Crippen molar-refractivity contribution in [1.82, 2.24) is 10.4 Å². The second-order valence-electron chi connectivity index (χ2n) is 5.35. The molecule has 1 aromatic heterocycles. The van der Waals surface area contributed by atoms with E-state index in [1.54, 1.807) is 31.2 Å². The molecule has 1 heterocycles. The van der Waals surface area contributed by atoms with Crippen LogP contribution in [0.3, 0.4) is 0 Å². The largest absolute Gasteiger partial charge is 0.506 e. The van der Waals surface area contributed by atoms with Crippen LogP contribution < -0.4 is 5.43 Å². The highest BCUT2D eigenvalue weighted by Gasteiger charge is 2.15. The van der Waals surface area contributed by atoms with Crippen molar-refractivity contribution < 1.29 is 9.90 Å². The number of rotatable bonds is 4. The van der Waals surface area contributed by atoms with Crippen LogP contribution in [0.5, 0.6) is 5.75 Å². The van der Waals surface area contributed by atoms with Crippen molar-refractivity contribution in [1.29, 1.82) is 0 Å². The van der Waals surface area contributed by atoms with Crippen molar-refractivity contribution in [2.24, 2.45) is 5.10 Å². The predicted molar refractivity (Wildman–Crippen MR) is 105 cm³/mol. The van der Waals surface area contributed by atoms with Gasteiger partial charge in [-0.05, 0) is 42.8 Å². The lowest BCUT2D eigenvalue weighted by molar-refractivity contribution is 0.0958. The van der Waals surface area contributed by atoms with Gasteiger partial charge in [-0.2, -0.15) is 5.10 Å². The summed E-state index contributed by atoms with van der Waals surface area (Å²) in [5, 5.41) is 14.9. The summed E-state index contributed by atoms with van der Waals surface area (Å²) in [4.78, 5) is 17.3. The number of aromatic nitrogens is 1. The molecule has 0 aliphatic heterocycles. The minimum atomic E-state index is -0.346. The summed E-state index contributed by atoms with van der Waals surface area (Å²) in [7, 11) is 0. The van der Waals surface area contributed by atoms with Crippen LogP contribution in [0.4, 0.5) is 0 Å². The predicted octanol–water partition coefficient (Wildman–Crippen LogP) is 4.89. The molecule has 0 fully saturated rings. The van der Waals surface area contributed by atoms with Gasteiger partial charge in [0.2, 0.25) is 0 Å². The zero-order chi connectivity index (χ0) is 18.7. The number of amides is 1. The first kappa shape index (κ1) is 18.4. The lowest BCUT2D eigenvalue weighted by Crippen LogP contribution is -2.17. The SMILES string of the molecule is Cc1nc(-c2ccc(Cl)cc2)sc1C(=O)N/N=C/c1ccc(O)c(Cl)c1. The summed E-state index contributed by atoms with van der Waals surface area (Å²) in [5.41, 5.74) is 4.64. The number of phenolic OH excluding ortho intramolecular Hbond substituents is 1. The number of phenols is 1. The van der Waals surface area contributed by atoms with E-state index in [4.69, 9.17) is 23.2 Å². The molecule has 26 heavy (non-hydrogen) atoms. The minimum Gasteiger partial charge on any atom is -0.506 e. The molecule has 0 atom stereocenters. The van der Waals surface area contributed by atoms with Crippen LogP contribution in [0.1, 0.15) is 20.9 Å². The van der Waals surface area contributed by atoms with Crippen LogP contribution in [0.15, 0.2) is 47.6 Å². The van der Waals surface area contributed by atoms with Gasteiger partial charge in [0.1, 0.15) is 15.6 Å². The van der Waals surface area contributed by atoms with Gasteiger partial charge in [0.25, 0.3) is 5.91 Å². The molecular formula is C18H13Cl2N3O2S. The van der Waals surface area contributed by atoms with Crippen LogP contribution in [-0.2, 0) is 0 Å². The van der Waals surface area contributed by atoms with E-state index in [0.717, 1.165) is 10.6 Å². The molecular weight excluding hydrogens is 393 g/mol. The second-order valence-corrected chi connectivity index (χ2v) is 7.19. The molecule has 0 unspecified atom stereocenters. The Morgan fingerprint density at radius 1 is 1.23 bits per heavy atom. The summed E-state index contributed by atoms with van der Waals surface area (Å²) in [6, 6.07) is 11.9. The minimum absolute atomic E-state index is 0.0112. The Morgan fingerprint density at radius 3 is 2.65 bits per heavy atom. The summed E-state index contributed by atoms with van der Waals surface area (Å²) >= 11 is 13.0. The molecule has 0 aliphatic carbocycles. The van der Waals surface area contributed by atoms with Gasteiger partial charge in [-0.3, -0.25) is 4.79 Å². The van der Waals surface area contributed by atoms with E-state index in [-0.39, 0.29) is 16.7 Å². The third-order valence-electron chi connectivity index (χ3n) is 3.45. The van der Waals surface area contributed by atoms with Crippen LogP contribution in [-0.4, -0.2) is 22.2 Å². The Kier molecular flexibility index (Phi) is 5.56. The standard InChI is InChI=1S/C18H13Cl2N3O2S/c1-10-16(26-18(22-10)12-3-5-13(19)6-4-12)17(25)23-21-9-11-2-7-15(24)14(20)8-11/h2-9,24H,1H3,(H,23,25)/b21-9+. The summed E-state index contributed by atoms with van der Waals surface area (Å²) in [6.45, 7) is 1.77. The molecule has 5 nitrogen and oxygen atoms in total. The number of carbonyl (C=O) groups excluding carboxylic acids is 1. The van der Waals surface area contributed by atoms with Gasteiger partial charge in [-0.25, -0.2) is 10.4 Å². The molecule has 1 amide bonds. The first-order valence-corrected chi connectivity index (χ1v) is 9.06. The normalized spacial score (nSPS) is 11.0. The maximum Gasteiger partial charge on any atom is 0.283 e. The topological polar surface area (TPSA) is 74.6 Å². The Bertz CT molecular complexity index is 985. The number of halogens is 2. The second kappa shape index (κ2) is 7.86. The van der Waals surface area contributed by atoms with Gasteiger partial charge < -0.3 is 5.11 Å². The van der Waals surface area contributed by atoms with Crippen molar-refractivity contribution in [2.75, 3.05) is 0 Å². The third kappa shape index (κ3) is 4.22.